The highest BCUT2D eigenvalue weighted by atomic mass is 32.1. The van der Waals surface area contributed by atoms with E-state index >= 15 is 0 Å². The fraction of sp³-hybridized carbons (Fsp3) is 0.0426. The Hall–Kier alpha value is -6.23. The molecule has 238 valence electrons. The van der Waals surface area contributed by atoms with Crippen molar-refractivity contribution in [3.05, 3.63) is 163 Å². The van der Waals surface area contributed by atoms with Crippen LogP contribution in [0, 0.1) is 0 Å². The predicted octanol–water partition coefficient (Wildman–Crippen LogP) is 13.1. The third-order valence-electron chi connectivity index (χ3n) is 11.1. The van der Waals surface area contributed by atoms with Crippen LogP contribution in [0.3, 0.4) is 0 Å². The molecule has 0 fully saturated rings. The van der Waals surface area contributed by atoms with Crippen molar-refractivity contribution in [1.82, 2.24) is 8.97 Å². The number of para-hydroxylation sites is 2. The molecule has 12 rings (SSSR count). The van der Waals surface area contributed by atoms with Crippen molar-refractivity contribution in [1.29, 1.82) is 0 Å². The Bertz CT molecular complexity index is 3300. The highest BCUT2D eigenvalue weighted by molar-refractivity contribution is 7.23. The van der Waals surface area contributed by atoms with Crippen molar-refractivity contribution in [3.8, 4) is 0 Å². The summed E-state index contributed by atoms with van der Waals surface area (Å²) in [6, 6.07) is 53.5. The lowest BCUT2D eigenvalue weighted by atomic mass is 9.99. The van der Waals surface area contributed by atoms with Crippen LogP contribution >= 0.6 is 11.3 Å². The maximum absolute atomic E-state index is 5.50. The highest BCUT2D eigenvalue weighted by Crippen LogP contribution is 2.50. The number of nitrogens with zero attached hydrogens (tertiary/aromatic N) is 3. The zero-order valence-electron chi connectivity index (χ0n) is 27.6. The Morgan fingerprint density at radius 1 is 0.529 bits per heavy atom. The van der Waals surface area contributed by atoms with Gasteiger partial charge in [-0.25, -0.2) is 4.99 Å². The second kappa shape index (κ2) is 10.2. The average Bonchev–Trinajstić information content (AvgIpc) is 3.91. The first-order valence-electron chi connectivity index (χ1n) is 17.7. The van der Waals surface area contributed by atoms with Gasteiger partial charge in [-0.05, 0) is 59.5 Å². The Morgan fingerprint density at radius 3 is 2.14 bits per heavy atom. The standard InChI is InChI=1S/C47H29N3S/c1-2-14-29(15-3-1)36-20-12-23-39(43-33-19-8-11-24-41(33)51-47(43)48-36)49-37-21-9-6-17-31(37)34-27-35-42-30-16-5-4-13-28(30)25-26-40(42)50-38-22-10-7-18-32(38)44(45(34)49)46(35)50/h1-11,13-19,21-27H,12,20H2/b39-23+,48-36+. The van der Waals surface area contributed by atoms with E-state index in [0.29, 0.717) is 0 Å². The predicted molar refractivity (Wildman–Crippen MR) is 219 cm³/mol. The Morgan fingerprint density at radius 2 is 1.25 bits per heavy atom. The fourth-order valence-corrected chi connectivity index (χ4v) is 10.2. The first kappa shape index (κ1) is 27.6. The Balaban J connectivity index is 1.28. The summed E-state index contributed by atoms with van der Waals surface area (Å²) in [5, 5.41) is 12.7. The topological polar surface area (TPSA) is 21.7 Å². The summed E-state index contributed by atoms with van der Waals surface area (Å²) in [5.41, 5.74) is 11.1. The maximum Gasteiger partial charge on any atom is 0.126 e. The van der Waals surface area contributed by atoms with E-state index in [0.717, 1.165) is 23.6 Å². The van der Waals surface area contributed by atoms with E-state index in [1.165, 1.54) is 97.6 Å². The molecule has 0 radical (unpaired) electrons. The molecule has 0 spiro atoms. The number of aromatic nitrogens is 2. The van der Waals surface area contributed by atoms with Gasteiger partial charge in [-0.15, -0.1) is 11.3 Å². The molecule has 51 heavy (non-hydrogen) atoms. The van der Waals surface area contributed by atoms with E-state index in [2.05, 4.69) is 161 Å². The molecule has 4 heteroatoms. The van der Waals surface area contributed by atoms with Crippen LogP contribution < -0.4 is 0 Å². The molecule has 0 aliphatic carbocycles. The molecule has 3 nitrogen and oxygen atoms in total. The lowest BCUT2D eigenvalue weighted by Gasteiger charge is -2.17. The van der Waals surface area contributed by atoms with Gasteiger partial charge in [0, 0.05) is 53.7 Å². The van der Waals surface area contributed by atoms with E-state index in [1.807, 2.05) is 0 Å². The summed E-state index contributed by atoms with van der Waals surface area (Å²) < 4.78 is 6.37. The third kappa shape index (κ3) is 3.64. The van der Waals surface area contributed by atoms with Gasteiger partial charge < -0.3 is 8.97 Å². The monoisotopic (exact) mass is 667 g/mol. The summed E-state index contributed by atoms with van der Waals surface area (Å²) >= 11 is 1.80. The molecule has 7 aromatic carbocycles. The highest BCUT2D eigenvalue weighted by Gasteiger charge is 2.28. The quantitative estimate of drug-likeness (QED) is 0.175. The molecule has 0 unspecified atom stereocenters. The second-order valence-electron chi connectivity index (χ2n) is 13.8. The molecule has 5 heterocycles. The molecule has 0 saturated carbocycles. The van der Waals surface area contributed by atoms with Gasteiger partial charge in [0.1, 0.15) is 5.00 Å². The van der Waals surface area contributed by atoms with Gasteiger partial charge in [-0.2, -0.15) is 0 Å². The van der Waals surface area contributed by atoms with Crippen LogP contribution in [-0.4, -0.2) is 14.7 Å². The molecule has 1 aliphatic rings. The summed E-state index contributed by atoms with van der Waals surface area (Å²) in [6.45, 7) is 0. The molecule has 4 aromatic heterocycles. The summed E-state index contributed by atoms with van der Waals surface area (Å²) in [5.74, 6) is 0. The van der Waals surface area contributed by atoms with Gasteiger partial charge in [-0.3, -0.25) is 0 Å². The zero-order valence-corrected chi connectivity index (χ0v) is 28.4. The largest absolute Gasteiger partial charge is 0.308 e. The third-order valence-corrected chi connectivity index (χ3v) is 12.2. The molecule has 0 bridgehead atoms. The Labute approximate surface area is 296 Å². The minimum absolute atomic E-state index is 0.875. The van der Waals surface area contributed by atoms with Gasteiger partial charge in [0.2, 0.25) is 0 Å². The lowest BCUT2D eigenvalue weighted by molar-refractivity contribution is 1.07. The van der Waals surface area contributed by atoms with Gasteiger partial charge in [0.25, 0.3) is 0 Å². The van der Waals surface area contributed by atoms with Gasteiger partial charge in [0.15, 0.2) is 0 Å². The lowest BCUT2D eigenvalue weighted by Crippen LogP contribution is -2.05. The van der Waals surface area contributed by atoms with Crippen molar-refractivity contribution >= 4 is 109 Å². The van der Waals surface area contributed by atoms with Crippen molar-refractivity contribution in [2.45, 2.75) is 12.8 Å². The van der Waals surface area contributed by atoms with Crippen LogP contribution in [0.25, 0.3) is 86.5 Å². The van der Waals surface area contributed by atoms with Crippen molar-refractivity contribution in [3.63, 3.8) is 0 Å². The summed E-state index contributed by atoms with van der Waals surface area (Å²) in [4.78, 5) is 5.50. The van der Waals surface area contributed by atoms with Crippen LogP contribution in [-0.2, 0) is 0 Å². The number of aliphatic imine (C=N–C) groups is 1. The summed E-state index contributed by atoms with van der Waals surface area (Å²) in [7, 11) is 0. The second-order valence-corrected chi connectivity index (χ2v) is 14.8. The number of allylic oxidation sites excluding steroid dienone is 1. The number of hydrogen-bond donors (Lipinski definition) is 0. The van der Waals surface area contributed by atoms with E-state index in [4.69, 9.17) is 4.99 Å². The van der Waals surface area contributed by atoms with Crippen molar-refractivity contribution in [2.75, 3.05) is 0 Å². The molecule has 0 N–H and O–H groups in total. The van der Waals surface area contributed by atoms with E-state index in [9.17, 15) is 0 Å². The van der Waals surface area contributed by atoms with Gasteiger partial charge in [-0.1, -0.05) is 121 Å². The van der Waals surface area contributed by atoms with E-state index in [1.54, 1.807) is 11.3 Å². The molecule has 11 aromatic rings. The van der Waals surface area contributed by atoms with Crippen LogP contribution in [0.5, 0.6) is 0 Å². The van der Waals surface area contributed by atoms with E-state index < -0.39 is 0 Å². The minimum atomic E-state index is 0.875. The average molecular weight is 668 g/mol. The van der Waals surface area contributed by atoms with Crippen molar-refractivity contribution < 1.29 is 0 Å². The maximum atomic E-state index is 5.50. The normalized spacial score (nSPS) is 16.0. The molecule has 0 amide bonds. The first-order chi connectivity index (χ1) is 25.3. The molecular weight excluding hydrogens is 639 g/mol. The number of hydrogen-bond acceptors (Lipinski definition) is 2. The number of thiophene rings is 1. The fourth-order valence-electron chi connectivity index (χ4n) is 9.05. The Kier molecular flexibility index (Phi) is 5.49. The molecule has 0 atom stereocenters. The van der Waals surface area contributed by atoms with E-state index in [-0.39, 0.29) is 0 Å². The van der Waals surface area contributed by atoms with Gasteiger partial charge >= 0.3 is 0 Å². The van der Waals surface area contributed by atoms with Crippen LogP contribution in [0.1, 0.15) is 24.0 Å². The van der Waals surface area contributed by atoms with Crippen LogP contribution in [0.2, 0.25) is 0 Å². The number of rotatable bonds is 2. The smallest absolute Gasteiger partial charge is 0.126 e. The first-order valence-corrected chi connectivity index (χ1v) is 18.5. The molecule has 1 aliphatic heterocycles. The summed E-state index contributed by atoms with van der Waals surface area (Å²) in [6.07, 6.45) is 4.25. The molecule has 0 saturated heterocycles. The molecular formula is C47H29N3S. The van der Waals surface area contributed by atoms with Crippen LogP contribution in [0.15, 0.2) is 157 Å². The van der Waals surface area contributed by atoms with Gasteiger partial charge in [0.05, 0.1) is 33.3 Å². The van der Waals surface area contributed by atoms with Crippen molar-refractivity contribution in [2.24, 2.45) is 4.99 Å². The number of fused-ring (bicyclic) bond motifs is 15. The zero-order chi connectivity index (χ0) is 33.2. The SMILES string of the molecule is C1=C(/n2c3ccccc3c3cc4c5c6ccccc6ccc5n5c6ccccc6c(c32)c45)c2c(sc3ccccc23)/N=C(/c2ccccc2)CC/1. The van der Waals surface area contributed by atoms with Crippen LogP contribution in [0.4, 0.5) is 5.00 Å². The minimum Gasteiger partial charge on any atom is -0.308 e. The number of benzene rings is 7.